The van der Waals surface area contributed by atoms with Gasteiger partial charge in [0, 0.05) is 48.2 Å². The molecule has 1 atom stereocenters. The van der Waals surface area contributed by atoms with Crippen molar-refractivity contribution in [1.29, 1.82) is 0 Å². The van der Waals surface area contributed by atoms with E-state index < -0.39 is 11.7 Å². The number of hydrogen-bond donors (Lipinski definition) is 1. The Morgan fingerprint density at radius 2 is 2.03 bits per heavy atom. The first-order chi connectivity index (χ1) is 17.4. The summed E-state index contributed by atoms with van der Waals surface area (Å²) in [6.07, 6.45) is 11.2. The molecule has 0 saturated heterocycles. The fourth-order valence-electron chi connectivity index (χ4n) is 3.75. The van der Waals surface area contributed by atoms with Gasteiger partial charge in [0.2, 0.25) is 0 Å². The van der Waals surface area contributed by atoms with Crippen LogP contribution in [0, 0.1) is 12.8 Å². The monoisotopic (exact) mass is 508 g/mol. The van der Waals surface area contributed by atoms with Crippen molar-refractivity contribution >= 4 is 28.4 Å². The van der Waals surface area contributed by atoms with Gasteiger partial charge >= 0.3 is 0 Å². The number of carbonyl (C=O) groups is 1. The van der Waals surface area contributed by atoms with Crippen LogP contribution in [0.3, 0.4) is 0 Å². The first kappa shape index (κ1) is 27.1. The number of allylic oxidation sites excluding steroid dienone is 4. The molecule has 6 nitrogen and oxygen atoms in total. The Labute approximate surface area is 215 Å². The van der Waals surface area contributed by atoms with Crippen molar-refractivity contribution in [3.63, 3.8) is 0 Å². The molecule has 1 fully saturated rings. The SMILES string of the molecule is C=C/C(F)=C(\C=C(\CN(c1s[nH]c(=O)c1C)C1CC1)C(C)C=O)c1ccc(-n2cccc2)nc1.CC. The van der Waals surface area contributed by atoms with E-state index in [1.54, 1.807) is 32.2 Å². The summed E-state index contributed by atoms with van der Waals surface area (Å²) >= 11 is 1.30. The third kappa shape index (κ3) is 6.18. The number of rotatable bonds is 10. The zero-order valence-corrected chi connectivity index (χ0v) is 22.0. The van der Waals surface area contributed by atoms with Crippen molar-refractivity contribution in [2.45, 2.75) is 46.6 Å². The highest BCUT2D eigenvalue weighted by Crippen LogP contribution is 2.36. The smallest absolute Gasteiger partial charge is 0.263 e. The largest absolute Gasteiger partial charge is 0.355 e. The number of anilines is 1. The number of halogens is 1. The summed E-state index contributed by atoms with van der Waals surface area (Å²) in [4.78, 5) is 30.5. The van der Waals surface area contributed by atoms with Crippen LogP contribution in [0.15, 0.2) is 77.8 Å². The Balaban J connectivity index is 0.00000176. The molecule has 8 heteroatoms. The molecule has 0 aliphatic heterocycles. The van der Waals surface area contributed by atoms with E-state index in [-0.39, 0.29) is 5.56 Å². The topological polar surface area (TPSA) is 71.0 Å². The molecule has 1 unspecified atom stereocenters. The van der Waals surface area contributed by atoms with Crippen LogP contribution in [0.2, 0.25) is 0 Å². The number of aldehydes is 1. The molecule has 3 heterocycles. The zero-order chi connectivity index (χ0) is 26.2. The third-order valence-electron chi connectivity index (χ3n) is 5.99. The standard InChI is InChI=1S/C26H27FN4O2S.C2H6/c1-4-23(27)22(19-7-10-24(28-14-19)30-11-5-6-12-30)13-20(17(2)16-32)15-31(21-8-9-21)26-18(3)25(33)29-34-26;1-2/h4-7,10-14,16-17,21H,1,8-9,15H2,2-3H3,(H,29,33);1-2H3/b20-13-,23-22-;. The Morgan fingerprint density at radius 3 is 2.53 bits per heavy atom. The number of nitrogens with one attached hydrogen (secondary N) is 1. The number of pyridine rings is 1. The highest BCUT2D eigenvalue weighted by molar-refractivity contribution is 7.10. The second-order valence-electron chi connectivity index (χ2n) is 8.43. The number of carbonyl (C=O) groups excluding carboxylic acids is 1. The molecule has 190 valence electrons. The van der Waals surface area contributed by atoms with Crippen LogP contribution in [-0.4, -0.2) is 32.8 Å². The van der Waals surface area contributed by atoms with Crippen molar-refractivity contribution in [1.82, 2.24) is 13.9 Å². The van der Waals surface area contributed by atoms with Crippen molar-refractivity contribution in [2.24, 2.45) is 5.92 Å². The summed E-state index contributed by atoms with van der Waals surface area (Å²) in [6, 6.07) is 7.73. The molecule has 36 heavy (non-hydrogen) atoms. The Hall–Kier alpha value is -3.52. The van der Waals surface area contributed by atoms with Gasteiger partial charge in [-0.15, -0.1) is 0 Å². The minimum absolute atomic E-state index is 0.105. The minimum atomic E-state index is -0.494. The van der Waals surface area contributed by atoms with E-state index in [2.05, 4.69) is 20.8 Å². The van der Waals surface area contributed by atoms with Gasteiger partial charge in [0.1, 0.15) is 22.9 Å². The molecule has 0 radical (unpaired) electrons. The van der Waals surface area contributed by atoms with Crippen molar-refractivity contribution in [3.8, 4) is 5.82 Å². The molecule has 3 aromatic rings. The van der Waals surface area contributed by atoms with E-state index in [0.717, 1.165) is 41.6 Å². The lowest BCUT2D eigenvalue weighted by Crippen LogP contribution is -2.30. The molecule has 1 saturated carbocycles. The first-order valence-corrected chi connectivity index (χ1v) is 13.0. The molecule has 0 aromatic carbocycles. The van der Waals surface area contributed by atoms with Crippen LogP contribution < -0.4 is 10.5 Å². The van der Waals surface area contributed by atoms with Crippen LogP contribution in [0.4, 0.5) is 9.39 Å². The average molecular weight is 509 g/mol. The molecule has 4 rings (SSSR count). The van der Waals surface area contributed by atoms with E-state index in [9.17, 15) is 9.59 Å². The van der Waals surface area contributed by atoms with Gasteiger partial charge in [-0.1, -0.05) is 27.4 Å². The second-order valence-corrected chi connectivity index (χ2v) is 9.22. The third-order valence-corrected chi connectivity index (χ3v) is 7.01. The maximum Gasteiger partial charge on any atom is 0.263 e. The lowest BCUT2D eigenvalue weighted by atomic mass is 9.96. The molecule has 3 aromatic heterocycles. The average Bonchev–Trinajstić information content (AvgIpc) is 3.51. The van der Waals surface area contributed by atoms with Gasteiger partial charge in [0.25, 0.3) is 5.56 Å². The molecule has 0 bridgehead atoms. The van der Waals surface area contributed by atoms with E-state index in [1.165, 1.54) is 11.5 Å². The first-order valence-electron chi connectivity index (χ1n) is 12.1. The van der Waals surface area contributed by atoms with Gasteiger partial charge in [-0.25, -0.2) is 9.37 Å². The highest BCUT2D eigenvalue weighted by Gasteiger charge is 2.32. The predicted molar refractivity (Wildman–Crippen MR) is 146 cm³/mol. The predicted octanol–water partition coefficient (Wildman–Crippen LogP) is 6.25. The van der Waals surface area contributed by atoms with Crippen molar-refractivity contribution in [2.75, 3.05) is 11.4 Å². The van der Waals surface area contributed by atoms with Gasteiger partial charge in [0.15, 0.2) is 0 Å². The van der Waals surface area contributed by atoms with Crippen molar-refractivity contribution in [3.05, 3.63) is 94.5 Å². The summed E-state index contributed by atoms with van der Waals surface area (Å²) in [5, 5.41) is 0.865. The fraction of sp³-hybridized carbons (Fsp3) is 0.321. The summed E-state index contributed by atoms with van der Waals surface area (Å²) < 4.78 is 19.7. The van der Waals surface area contributed by atoms with E-state index in [4.69, 9.17) is 0 Å². The molecular weight excluding hydrogens is 475 g/mol. The summed E-state index contributed by atoms with van der Waals surface area (Å²) in [7, 11) is 0. The van der Waals surface area contributed by atoms with Gasteiger partial charge in [-0.3, -0.25) is 9.17 Å². The Morgan fingerprint density at radius 1 is 1.33 bits per heavy atom. The number of aromatic nitrogens is 3. The van der Waals surface area contributed by atoms with Gasteiger partial charge in [-0.2, -0.15) is 0 Å². The molecule has 0 amide bonds. The lowest BCUT2D eigenvalue weighted by Gasteiger charge is -2.26. The maximum atomic E-state index is 15.0. The van der Waals surface area contributed by atoms with Crippen LogP contribution in [-0.2, 0) is 4.79 Å². The maximum absolute atomic E-state index is 15.0. The molecule has 1 aliphatic carbocycles. The van der Waals surface area contributed by atoms with Crippen LogP contribution in [0.1, 0.15) is 44.7 Å². The van der Waals surface area contributed by atoms with Crippen LogP contribution in [0.5, 0.6) is 0 Å². The highest BCUT2D eigenvalue weighted by atomic mass is 32.1. The molecule has 1 aliphatic rings. The van der Waals surface area contributed by atoms with E-state index in [1.807, 2.05) is 49.0 Å². The van der Waals surface area contributed by atoms with E-state index >= 15 is 4.39 Å². The fourth-order valence-corrected chi connectivity index (χ4v) is 4.67. The van der Waals surface area contributed by atoms with Gasteiger partial charge < -0.3 is 14.3 Å². The van der Waals surface area contributed by atoms with Crippen LogP contribution >= 0.6 is 11.5 Å². The number of aromatic amines is 1. The second kappa shape index (κ2) is 12.4. The molecule has 0 spiro atoms. The number of nitrogens with zero attached hydrogens (tertiary/aromatic N) is 3. The summed E-state index contributed by atoms with van der Waals surface area (Å²) in [6.45, 7) is 11.6. The summed E-state index contributed by atoms with van der Waals surface area (Å²) in [5.41, 5.74) is 2.22. The number of hydrogen-bond acceptors (Lipinski definition) is 5. The quantitative estimate of drug-likeness (QED) is 0.259. The van der Waals surface area contributed by atoms with Gasteiger partial charge in [-0.05, 0) is 73.3 Å². The Bertz CT molecular complexity index is 1280. The number of H-pyrrole nitrogens is 1. The van der Waals surface area contributed by atoms with Gasteiger partial charge in [0.05, 0.1) is 5.56 Å². The summed E-state index contributed by atoms with van der Waals surface area (Å²) in [5.74, 6) is -0.209. The minimum Gasteiger partial charge on any atom is -0.355 e. The normalized spacial score (nSPS) is 14.9. The van der Waals surface area contributed by atoms with Crippen molar-refractivity contribution < 1.29 is 9.18 Å². The molecule has 1 N–H and O–H groups in total. The molecular formula is C28H33FN4O2S. The Kier molecular flexibility index (Phi) is 9.36. The van der Waals surface area contributed by atoms with Crippen LogP contribution in [0.25, 0.3) is 11.4 Å². The lowest BCUT2D eigenvalue weighted by molar-refractivity contribution is -0.109. The zero-order valence-electron chi connectivity index (χ0n) is 21.2. The van der Waals surface area contributed by atoms with E-state index in [0.29, 0.717) is 29.3 Å².